The normalized spacial score (nSPS) is 15.1. The van der Waals surface area contributed by atoms with E-state index >= 15 is 0 Å². The highest BCUT2D eigenvalue weighted by molar-refractivity contribution is 6.31. The molecule has 0 saturated carbocycles. The molecule has 0 aromatic heterocycles. The molecule has 3 aromatic rings. The fourth-order valence-corrected chi connectivity index (χ4v) is 3.73. The molecule has 0 unspecified atom stereocenters. The Labute approximate surface area is 188 Å². The molecule has 3 aromatic carbocycles. The molecule has 1 aliphatic heterocycles. The molecule has 6 nitrogen and oxygen atoms in total. The largest absolute Gasteiger partial charge is 0.326 e. The number of para-hydroxylation sites is 2. The van der Waals surface area contributed by atoms with Gasteiger partial charge in [0.05, 0.1) is 17.8 Å². The van der Waals surface area contributed by atoms with Crippen LogP contribution in [0, 0.1) is 0 Å². The molecule has 3 amide bonds. The SMILES string of the molecule is O=C(C[C@@H]1C(=O)Nc2ccccc2N1C(=O)c1ccc(Cl)cc1)Nc1cccc(Cl)c1. The highest BCUT2D eigenvalue weighted by atomic mass is 35.5. The first kappa shape index (κ1) is 20.9. The number of carbonyl (C=O) groups excluding carboxylic acids is 3. The van der Waals surface area contributed by atoms with Crippen molar-refractivity contribution in [3.05, 3.63) is 88.4 Å². The van der Waals surface area contributed by atoms with E-state index in [1.54, 1.807) is 72.8 Å². The molecule has 0 aliphatic carbocycles. The van der Waals surface area contributed by atoms with Crippen molar-refractivity contribution in [2.75, 3.05) is 15.5 Å². The van der Waals surface area contributed by atoms with Crippen LogP contribution in [0.4, 0.5) is 17.1 Å². The highest BCUT2D eigenvalue weighted by Gasteiger charge is 2.38. The first-order chi connectivity index (χ1) is 14.9. The van der Waals surface area contributed by atoms with Gasteiger partial charge in [-0.15, -0.1) is 0 Å². The van der Waals surface area contributed by atoms with Crippen LogP contribution in [0.5, 0.6) is 0 Å². The smallest absolute Gasteiger partial charge is 0.259 e. The molecule has 0 radical (unpaired) electrons. The van der Waals surface area contributed by atoms with E-state index in [9.17, 15) is 14.4 Å². The molecule has 1 heterocycles. The summed E-state index contributed by atoms with van der Waals surface area (Å²) < 4.78 is 0. The third kappa shape index (κ3) is 4.55. The number of nitrogens with zero attached hydrogens (tertiary/aromatic N) is 1. The summed E-state index contributed by atoms with van der Waals surface area (Å²) in [6.07, 6.45) is -0.230. The van der Waals surface area contributed by atoms with Crippen molar-refractivity contribution in [2.45, 2.75) is 12.5 Å². The molecule has 156 valence electrons. The fraction of sp³-hybridized carbons (Fsp3) is 0.0870. The van der Waals surface area contributed by atoms with E-state index in [1.165, 1.54) is 4.90 Å². The van der Waals surface area contributed by atoms with Gasteiger partial charge >= 0.3 is 0 Å². The van der Waals surface area contributed by atoms with Gasteiger partial charge in [0, 0.05) is 21.3 Å². The van der Waals surface area contributed by atoms with Crippen LogP contribution >= 0.6 is 23.2 Å². The van der Waals surface area contributed by atoms with Gasteiger partial charge in [-0.2, -0.15) is 0 Å². The molecular weight excluding hydrogens is 437 g/mol. The van der Waals surface area contributed by atoms with Crippen LogP contribution in [-0.4, -0.2) is 23.8 Å². The quantitative estimate of drug-likeness (QED) is 0.583. The van der Waals surface area contributed by atoms with Crippen LogP contribution in [0.2, 0.25) is 10.0 Å². The zero-order valence-corrected chi connectivity index (χ0v) is 17.7. The average Bonchev–Trinajstić information content (AvgIpc) is 2.74. The molecule has 2 N–H and O–H groups in total. The number of benzene rings is 3. The van der Waals surface area contributed by atoms with Gasteiger partial charge in [0.2, 0.25) is 11.8 Å². The lowest BCUT2D eigenvalue weighted by Crippen LogP contribution is -2.52. The second-order valence-electron chi connectivity index (χ2n) is 6.97. The molecule has 1 aliphatic rings. The third-order valence-electron chi connectivity index (χ3n) is 4.83. The maximum Gasteiger partial charge on any atom is 0.259 e. The number of fused-ring (bicyclic) bond motifs is 1. The lowest BCUT2D eigenvalue weighted by Gasteiger charge is -2.36. The zero-order valence-electron chi connectivity index (χ0n) is 16.1. The first-order valence-corrected chi connectivity index (χ1v) is 10.2. The van der Waals surface area contributed by atoms with E-state index < -0.39 is 23.8 Å². The minimum absolute atomic E-state index is 0.230. The Morgan fingerprint density at radius 1 is 0.935 bits per heavy atom. The number of hydrogen-bond donors (Lipinski definition) is 2. The minimum atomic E-state index is -1.03. The monoisotopic (exact) mass is 453 g/mol. The van der Waals surface area contributed by atoms with Crippen molar-refractivity contribution in [2.24, 2.45) is 0 Å². The van der Waals surface area contributed by atoms with Gasteiger partial charge in [0.15, 0.2) is 0 Å². The Hall–Kier alpha value is -3.35. The topological polar surface area (TPSA) is 78.5 Å². The number of hydrogen-bond acceptors (Lipinski definition) is 3. The molecular formula is C23H17Cl2N3O3. The van der Waals surface area contributed by atoms with E-state index in [0.29, 0.717) is 32.7 Å². The number of amides is 3. The summed E-state index contributed by atoms with van der Waals surface area (Å²) in [6.45, 7) is 0. The van der Waals surface area contributed by atoms with E-state index in [-0.39, 0.29) is 6.42 Å². The second kappa shape index (κ2) is 8.79. The number of halogens is 2. The lowest BCUT2D eigenvalue weighted by molar-refractivity contribution is -0.122. The van der Waals surface area contributed by atoms with Crippen molar-refractivity contribution in [1.29, 1.82) is 0 Å². The van der Waals surface area contributed by atoms with Gasteiger partial charge in [0.25, 0.3) is 5.91 Å². The Balaban J connectivity index is 1.65. The Morgan fingerprint density at radius 3 is 2.42 bits per heavy atom. The van der Waals surface area contributed by atoms with Crippen molar-refractivity contribution in [1.82, 2.24) is 0 Å². The maximum atomic E-state index is 13.4. The summed E-state index contributed by atoms with van der Waals surface area (Å²) >= 11 is 11.9. The van der Waals surface area contributed by atoms with Crippen molar-refractivity contribution >= 4 is 58.0 Å². The number of anilines is 3. The van der Waals surface area contributed by atoms with Gasteiger partial charge < -0.3 is 10.6 Å². The first-order valence-electron chi connectivity index (χ1n) is 9.47. The Kier molecular flexibility index (Phi) is 5.93. The van der Waals surface area contributed by atoms with Gasteiger partial charge in [-0.3, -0.25) is 19.3 Å². The van der Waals surface area contributed by atoms with E-state index in [4.69, 9.17) is 23.2 Å². The zero-order chi connectivity index (χ0) is 22.0. The third-order valence-corrected chi connectivity index (χ3v) is 5.32. The van der Waals surface area contributed by atoms with Crippen LogP contribution in [0.25, 0.3) is 0 Å². The van der Waals surface area contributed by atoms with E-state index in [1.807, 2.05) is 0 Å². The fourth-order valence-electron chi connectivity index (χ4n) is 3.41. The van der Waals surface area contributed by atoms with Crippen LogP contribution < -0.4 is 15.5 Å². The predicted molar refractivity (Wildman–Crippen MR) is 122 cm³/mol. The molecule has 4 rings (SSSR count). The maximum absolute atomic E-state index is 13.4. The predicted octanol–water partition coefficient (Wildman–Crippen LogP) is 4.99. The van der Waals surface area contributed by atoms with Gasteiger partial charge in [-0.25, -0.2) is 0 Å². The average molecular weight is 454 g/mol. The van der Waals surface area contributed by atoms with Gasteiger partial charge in [0.1, 0.15) is 6.04 Å². The summed E-state index contributed by atoms with van der Waals surface area (Å²) in [7, 11) is 0. The van der Waals surface area contributed by atoms with Crippen LogP contribution in [0.1, 0.15) is 16.8 Å². The molecule has 31 heavy (non-hydrogen) atoms. The minimum Gasteiger partial charge on any atom is -0.326 e. The number of rotatable bonds is 4. The van der Waals surface area contributed by atoms with Crippen LogP contribution in [-0.2, 0) is 9.59 Å². The van der Waals surface area contributed by atoms with E-state index in [2.05, 4.69) is 10.6 Å². The highest BCUT2D eigenvalue weighted by Crippen LogP contribution is 2.34. The molecule has 1 atom stereocenters. The van der Waals surface area contributed by atoms with Crippen molar-refractivity contribution in [3.8, 4) is 0 Å². The summed E-state index contributed by atoms with van der Waals surface area (Å²) in [5.74, 6) is -1.27. The summed E-state index contributed by atoms with van der Waals surface area (Å²) in [5, 5.41) is 6.47. The standard InChI is InChI=1S/C23H17Cl2N3O3/c24-15-10-8-14(9-11-15)23(31)28-19-7-2-1-6-18(19)27-22(30)20(28)13-21(29)26-17-5-3-4-16(25)12-17/h1-12,20H,13H2,(H,26,29)(H,27,30)/t20-/m1/s1. The number of carbonyl (C=O) groups is 3. The summed E-state index contributed by atoms with van der Waals surface area (Å²) in [4.78, 5) is 40.3. The van der Waals surface area contributed by atoms with Crippen LogP contribution in [0.3, 0.4) is 0 Å². The molecule has 8 heteroatoms. The van der Waals surface area contributed by atoms with E-state index in [0.717, 1.165) is 0 Å². The van der Waals surface area contributed by atoms with Crippen molar-refractivity contribution < 1.29 is 14.4 Å². The molecule has 0 bridgehead atoms. The molecule has 0 spiro atoms. The Morgan fingerprint density at radius 2 is 1.68 bits per heavy atom. The van der Waals surface area contributed by atoms with Crippen LogP contribution in [0.15, 0.2) is 72.8 Å². The van der Waals surface area contributed by atoms with Gasteiger partial charge in [-0.1, -0.05) is 41.4 Å². The molecule has 0 fully saturated rings. The summed E-state index contributed by atoms with van der Waals surface area (Å²) in [5.41, 5.74) is 1.88. The Bertz CT molecular complexity index is 1160. The summed E-state index contributed by atoms with van der Waals surface area (Å²) in [6, 6.07) is 19.0. The lowest BCUT2D eigenvalue weighted by atomic mass is 10.0. The molecule has 0 saturated heterocycles. The number of nitrogens with one attached hydrogen (secondary N) is 2. The van der Waals surface area contributed by atoms with Crippen molar-refractivity contribution in [3.63, 3.8) is 0 Å². The van der Waals surface area contributed by atoms with Gasteiger partial charge in [-0.05, 0) is 54.6 Å². The second-order valence-corrected chi connectivity index (χ2v) is 7.84.